The van der Waals surface area contributed by atoms with E-state index in [1.165, 1.54) is 18.4 Å². The number of nitrogens with zero attached hydrogens (tertiary/aromatic N) is 1. The zero-order valence-corrected chi connectivity index (χ0v) is 24.9. The van der Waals surface area contributed by atoms with Crippen molar-refractivity contribution in [2.75, 3.05) is 5.32 Å². The molecule has 0 radical (unpaired) electrons. The molecule has 2 N–H and O–H groups in total. The van der Waals surface area contributed by atoms with Crippen LogP contribution in [0, 0.1) is 17.8 Å². The number of likely N-dealkylation sites (tertiary alicyclic amines) is 1. The highest BCUT2D eigenvalue weighted by atomic mass is 16.5. The fourth-order valence-corrected chi connectivity index (χ4v) is 8.28. The molecule has 4 fully saturated rings. The number of carbonyl (C=O) groups excluding carboxylic acids is 3. The number of hydrogen-bond donors (Lipinski definition) is 2. The van der Waals surface area contributed by atoms with Gasteiger partial charge in [0.1, 0.15) is 11.6 Å². The Morgan fingerprint density at radius 3 is 2.27 bits per heavy atom. The highest BCUT2D eigenvalue weighted by Crippen LogP contribution is 2.56. The highest BCUT2D eigenvalue weighted by Gasteiger charge is 2.73. The molecule has 7 nitrogen and oxygen atoms in total. The molecule has 1 aromatic carbocycles. The van der Waals surface area contributed by atoms with Gasteiger partial charge in [0, 0.05) is 17.8 Å². The molecule has 222 valence electrons. The summed E-state index contributed by atoms with van der Waals surface area (Å²) in [6, 6.07) is 7.26. The van der Waals surface area contributed by atoms with Crippen LogP contribution in [0.5, 0.6) is 0 Å². The number of hydrogen-bond acceptors (Lipinski definition) is 4. The van der Waals surface area contributed by atoms with Crippen LogP contribution in [0.3, 0.4) is 0 Å². The summed E-state index contributed by atoms with van der Waals surface area (Å²) in [5.74, 6) is -0.968. The molecule has 7 heteroatoms. The lowest BCUT2D eigenvalue weighted by atomic mass is 9.74. The summed E-state index contributed by atoms with van der Waals surface area (Å²) in [7, 11) is 0. The first-order chi connectivity index (χ1) is 19.8. The first-order valence-corrected chi connectivity index (χ1v) is 16.2. The number of rotatable bonds is 6. The fourth-order valence-electron chi connectivity index (χ4n) is 8.28. The van der Waals surface area contributed by atoms with Gasteiger partial charge < -0.3 is 20.3 Å². The van der Waals surface area contributed by atoms with Crippen molar-refractivity contribution in [1.82, 2.24) is 10.2 Å². The van der Waals surface area contributed by atoms with E-state index in [4.69, 9.17) is 4.74 Å². The first-order valence-electron chi connectivity index (χ1n) is 16.2. The van der Waals surface area contributed by atoms with Gasteiger partial charge in [-0.25, -0.2) is 0 Å². The minimum Gasteiger partial charge on any atom is -0.359 e. The van der Waals surface area contributed by atoms with Crippen molar-refractivity contribution >= 4 is 23.4 Å². The molecule has 41 heavy (non-hydrogen) atoms. The normalized spacial score (nSPS) is 35.3. The molecule has 0 unspecified atom stereocenters. The van der Waals surface area contributed by atoms with Gasteiger partial charge in [0.05, 0.1) is 17.9 Å². The van der Waals surface area contributed by atoms with Crippen LogP contribution in [0.15, 0.2) is 36.4 Å². The van der Waals surface area contributed by atoms with Crippen molar-refractivity contribution in [3.05, 3.63) is 42.0 Å². The molecule has 3 amide bonds. The summed E-state index contributed by atoms with van der Waals surface area (Å²) >= 11 is 0. The van der Waals surface area contributed by atoms with E-state index in [1.54, 1.807) is 0 Å². The van der Waals surface area contributed by atoms with Gasteiger partial charge in [0.15, 0.2) is 0 Å². The fraction of sp³-hybridized carbons (Fsp3) is 0.676. The monoisotopic (exact) mass is 561 g/mol. The zero-order chi connectivity index (χ0) is 28.7. The van der Waals surface area contributed by atoms with Gasteiger partial charge in [-0.15, -0.1) is 0 Å². The van der Waals surface area contributed by atoms with E-state index in [-0.39, 0.29) is 29.8 Å². The molecule has 1 spiro atoms. The Morgan fingerprint density at radius 1 is 0.927 bits per heavy atom. The Kier molecular flexibility index (Phi) is 8.01. The number of nitrogens with one attached hydrogen (secondary N) is 2. The van der Waals surface area contributed by atoms with Crippen LogP contribution in [0.1, 0.15) is 103 Å². The second-order valence-corrected chi connectivity index (χ2v) is 13.6. The third kappa shape index (κ3) is 5.13. The van der Waals surface area contributed by atoms with Crippen LogP contribution in [-0.4, -0.2) is 52.5 Å². The molecule has 2 bridgehead atoms. The van der Waals surface area contributed by atoms with Crippen molar-refractivity contribution in [2.24, 2.45) is 17.8 Å². The van der Waals surface area contributed by atoms with Gasteiger partial charge in [0.25, 0.3) is 0 Å². The number of ether oxygens (including phenoxy) is 1. The lowest BCUT2D eigenvalue weighted by Gasteiger charge is -2.39. The molecule has 2 saturated heterocycles. The third-order valence-electron chi connectivity index (χ3n) is 10.6. The number of amides is 3. The Labute approximate surface area is 244 Å². The molecule has 2 aliphatic carbocycles. The topological polar surface area (TPSA) is 87.7 Å². The summed E-state index contributed by atoms with van der Waals surface area (Å²) in [5.41, 5.74) is 0.813. The van der Waals surface area contributed by atoms with Crippen LogP contribution in [-0.2, 0) is 19.1 Å². The van der Waals surface area contributed by atoms with Crippen molar-refractivity contribution in [1.29, 1.82) is 0 Å². The summed E-state index contributed by atoms with van der Waals surface area (Å²) in [5, 5.41) is 6.44. The highest BCUT2D eigenvalue weighted by molar-refractivity contribution is 6.03. The molecular weight excluding hydrogens is 514 g/mol. The summed E-state index contributed by atoms with van der Waals surface area (Å²) in [6.07, 6.45) is 15.1. The molecule has 5 aliphatic rings. The lowest BCUT2D eigenvalue weighted by Crippen LogP contribution is -2.59. The van der Waals surface area contributed by atoms with Gasteiger partial charge in [-0.2, -0.15) is 0 Å². The van der Waals surface area contributed by atoms with Gasteiger partial charge in [0.2, 0.25) is 17.7 Å². The maximum absolute atomic E-state index is 14.5. The maximum atomic E-state index is 14.5. The summed E-state index contributed by atoms with van der Waals surface area (Å²) < 4.78 is 6.61. The van der Waals surface area contributed by atoms with E-state index in [9.17, 15) is 14.4 Å². The quantitative estimate of drug-likeness (QED) is 0.436. The molecule has 3 aliphatic heterocycles. The molecule has 0 aromatic heterocycles. The van der Waals surface area contributed by atoms with Crippen LogP contribution in [0.2, 0.25) is 0 Å². The standard InChI is InChI=1S/C34H47N3O4/c1-21(2)23-15-17-24(18-16-23)35-31(38)28-27-19-20-34(41-27)29(28)33(40)37(25-12-7-5-4-6-8-13-25)30(34)32(39)36-26-14-10-9-11-22(26)3/h15-22,25-30H,4-14H2,1-3H3,(H,35,38)(H,36,39)/t22-,26-,27-,28+,29-,30-,34-/m1/s1. The lowest BCUT2D eigenvalue weighted by molar-refractivity contribution is -0.144. The molecule has 6 rings (SSSR count). The van der Waals surface area contributed by atoms with Crippen molar-refractivity contribution < 1.29 is 19.1 Å². The van der Waals surface area contributed by atoms with Crippen LogP contribution in [0.4, 0.5) is 5.69 Å². The van der Waals surface area contributed by atoms with Gasteiger partial charge in [-0.1, -0.05) is 90.0 Å². The second-order valence-electron chi connectivity index (χ2n) is 13.6. The number of carbonyl (C=O) groups is 3. The van der Waals surface area contributed by atoms with E-state index >= 15 is 0 Å². The van der Waals surface area contributed by atoms with E-state index in [1.807, 2.05) is 41.3 Å². The maximum Gasteiger partial charge on any atom is 0.246 e. The van der Waals surface area contributed by atoms with Crippen LogP contribution < -0.4 is 10.6 Å². The minimum absolute atomic E-state index is 0.00866. The molecule has 2 saturated carbocycles. The Morgan fingerprint density at radius 2 is 1.59 bits per heavy atom. The number of anilines is 1. The largest absolute Gasteiger partial charge is 0.359 e. The third-order valence-corrected chi connectivity index (χ3v) is 10.6. The van der Waals surface area contributed by atoms with E-state index in [0.717, 1.165) is 57.8 Å². The molecule has 3 heterocycles. The Balaban J connectivity index is 1.30. The van der Waals surface area contributed by atoms with Gasteiger partial charge >= 0.3 is 0 Å². The molecular formula is C34H47N3O4. The number of benzene rings is 1. The smallest absolute Gasteiger partial charge is 0.246 e. The molecule has 7 atom stereocenters. The molecule has 1 aromatic rings. The second kappa shape index (κ2) is 11.5. The Hall–Kier alpha value is -2.67. The average molecular weight is 562 g/mol. The van der Waals surface area contributed by atoms with Gasteiger partial charge in [-0.3, -0.25) is 14.4 Å². The van der Waals surface area contributed by atoms with Gasteiger partial charge in [-0.05, 0) is 55.2 Å². The van der Waals surface area contributed by atoms with E-state index in [0.29, 0.717) is 17.5 Å². The number of fused-ring (bicyclic) bond motifs is 1. The average Bonchev–Trinajstić information content (AvgIpc) is 3.58. The summed E-state index contributed by atoms with van der Waals surface area (Å²) in [6.45, 7) is 6.49. The van der Waals surface area contributed by atoms with Crippen molar-refractivity contribution in [3.8, 4) is 0 Å². The predicted octanol–water partition coefficient (Wildman–Crippen LogP) is 5.71. The van der Waals surface area contributed by atoms with Crippen LogP contribution >= 0.6 is 0 Å². The summed E-state index contributed by atoms with van der Waals surface area (Å²) in [4.78, 5) is 44.5. The van der Waals surface area contributed by atoms with E-state index < -0.39 is 29.6 Å². The predicted molar refractivity (Wildman–Crippen MR) is 159 cm³/mol. The van der Waals surface area contributed by atoms with Crippen molar-refractivity contribution in [2.45, 2.75) is 127 Å². The first kappa shape index (κ1) is 28.4. The van der Waals surface area contributed by atoms with Crippen LogP contribution in [0.25, 0.3) is 0 Å². The Bertz CT molecular complexity index is 1170. The van der Waals surface area contributed by atoms with Crippen molar-refractivity contribution in [3.63, 3.8) is 0 Å². The minimum atomic E-state index is -1.10. The zero-order valence-electron chi connectivity index (χ0n) is 24.9. The SMILES string of the molecule is CC(C)c1ccc(NC(=O)[C@H]2[C@H]3C=C[C@@]4(O3)[C@H]2C(=O)N(C2CCCCCCC2)[C@@H]4C(=O)N[C@@H]2CCCC[C@H]2C)cc1. The van der Waals surface area contributed by atoms with E-state index in [2.05, 4.69) is 31.4 Å².